The van der Waals surface area contributed by atoms with Gasteiger partial charge in [0.2, 0.25) is 0 Å². The number of nitrogens with one attached hydrogen (secondary N) is 1. The summed E-state index contributed by atoms with van der Waals surface area (Å²) >= 11 is 0. The molecular formula is C34H53NO5. The van der Waals surface area contributed by atoms with Crippen LogP contribution in [0.3, 0.4) is 0 Å². The number of hydrogen-bond donors (Lipinski definition) is 5. The van der Waals surface area contributed by atoms with Crippen molar-refractivity contribution in [2.24, 2.45) is 16.2 Å². The number of aliphatic hydroxyl groups excluding tert-OH is 3. The van der Waals surface area contributed by atoms with Gasteiger partial charge in [0.05, 0.1) is 18.3 Å². The predicted molar refractivity (Wildman–Crippen MR) is 162 cm³/mol. The highest BCUT2D eigenvalue weighted by molar-refractivity contribution is 5.74. The summed E-state index contributed by atoms with van der Waals surface area (Å²) in [7, 11) is 1.87. The molecule has 3 aliphatic carbocycles. The van der Waals surface area contributed by atoms with Crippen LogP contribution in [0.2, 0.25) is 0 Å². The molecule has 0 aromatic carbocycles. The SMILES string of the molecule is C=C(C=CC=C(CO)C12CCC3(CCCO)C(=C(C)C=O)CCC(O)(CCNC)C3(CC1)C2O)CCC=C(C)C. The van der Waals surface area contributed by atoms with E-state index in [4.69, 9.17) is 0 Å². The van der Waals surface area contributed by atoms with Crippen LogP contribution in [0.15, 0.2) is 58.7 Å². The van der Waals surface area contributed by atoms with Crippen molar-refractivity contribution in [2.75, 3.05) is 26.8 Å². The lowest BCUT2D eigenvalue weighted by atomic mass is 9.39. The Balaban J connectivity index is 2.09. The fraction of sp³-hybridized carbons (Fsp3) is 0.676. The van der Waals surface area contributed by atoms with Gasteiger partial charge in [-0.3, -0.25) is 4.79 Å². The Morgan fingerprint density at radius 2 is 1.82 bits per heavy atom. The van der Waals surface area contributed by atoms with Crippen molar-refractivity contribution in [2.45, 2.75) is 103 Å². The lowest BCUT2D eigenvalue weighted by molar-refractivity contribution is -0.240. The molecule has 6 nitrogen and oxygen atoms in total. The average Bonchev–Trinajstić information content (AvgIpc) is 3.13. The molecule has 0 aromatic rings. The number of hydrogen-bond acceptors (Lipinski definition) is 6. The Hall–Kier alpha value is -1.83. The quantitative estimate of drug-likeness (QED) is 0.0884. The molecule has 1 spiro atoms. The number of carbonyl (C=O) groups is 1. The highest BCUT2D eigenvalue weighted by Gasteiger charge is 2.76. The van der Waals surface area contributed by atoms with Gasteiger partial charge in [-0.05, 0) is 116 Å². The summed E-state index contributed by atoms with van der Waals surface area (Å²) in [4.78, 5) is 12.1. The molecule has 0 aromatic heterocycles. The molecule has 0 saturated heterocycles. The zero-order chi connectivity index (χ0) is 29.6. The Labute approximate surface area is 241 Å². The van der Waals surface area contributed by atoms with Gasteiger partial charge in [-0.1, -0.05) is 47.6 Å². The average molecular weight is 556 g/mol. The standard InChI is InChI=1S/C34H53NO5/c1-25(2)9-6-10-26(3)11-7-12-28(24-38)31-16-18-32(14-8-22-36)29(27(4)23-37)13-15-33(40,20-21-35-5)34(32,19-17-31)30(31)39/h7,9,11-12,23,30,35-36,38-40H,3,6,8,10,13-22,24H2,1-2,4-5H3. The summed E-state index contributed by atoms with van der Waals surface area (Å²) < 4.78 is 0. The van der Waals surface area contributed by atoms with Gasteiger partial charge < -0.3 is 25.7 Å². The summed E-state index contributed by atoms with van der Waals surface area (Å²) in [6.45, 7) is 10.7. The van der Waals surface area contributed by atoms with Gasteiger partial charge in [-0.2, -0.15) is 0 Å². The molecule has 0 amide bonds. The number of allylic oxidation sites excluding steroid dienone is 8. The first-order valence-corrected chi connectivity index (χ1v) is 15.1. The molecule has 6 heteroatoms. The molecule has 40 heavy (non-hydrogen) atoms. The van der Waals surface area contributed by atoms with Crippen molar-refractivity contribution >= 4 is 6.29 Å². The van der Waals surface area contributed by atoms with Crippen LogP contribution < -0.4 is 5.32 Å². The first-order valence-electron chi connectivity index (χ1n) is 15.1. The van der Waals surface area contributed by atoms with Crippen LogP contribution in [0.4, 0.5) is 0 Å². The monoisotopic (exact) mass is 555 g/mol. The van der Waals surface area contributed by atoms with E-state index in [1.165, 1.54) is 5.57 Å². The molecule has 0 aliphatic heterocycles. The second-order valence-corrected chi connectivity index (χ2v) is 12.8. The van der Waals surface area contributed by atoms with Crippen LogP contribution >= 0.6 is 0 Å². The van der Waals surface area contributed by atoms with E-state index in [2.05, 4.69) is 31.8 Å². The smallest absolute Gasteiger partial charge is 0.145 e. The normalized spacial score (nSPS) is 35.0. The van der Waals surface area contributed by atoms with Crippen LogP contribution in [0.25, 0.3) is 0 Å². The lowest BCUT2D eigenvalue weighted by Gasteiger charge is -2.67. The van der Waals surface area contributed by atoms with Gasteiger partial charge in [0, 0.05) is 22.9 Å². The minimum Gasteiger partial charge on any atom is -0.396 e. The molecule has 0 heterocycles. The second kappa shape index (κ2) is 13.4. The lowest BCUT2D eigenvalue weighted by Crippen LogP contribution is -2.69. The number of carbonyl (C=O) groups excluding carboxylic acids is 1. The van der Waals surface area contributed by atoms with Gasteiger partial charge in [0.1, 0.15) is 6.29 Å². The molecule has 5 unspecified atom stereocenters. The van der Waals surface area contributed by atoms with Gasteiger partial charge in [0.25, 0.3) is 0 Å². The highest BCUT2D eigenvalue weighted by Crippen LogP contribution is 2.77. The molecule has 0 radical (unpaired) electrons. The molecular weight excluding hydrogens is 502 g/mol. The van der Waals surface area contributed by atoms with Crippen LogP contribution in [0.5, 0.6) is 0 Å². The number of fused-ring (bicyclic) bond motifs is 1. The van der Waals surface area contributed by atoms with Gasteiger partial charge in [0.15, 0.2) is 0 Å². The van der Waals surface area contributed by atoms with E-state index < -0.39 is 27.9 Å². The van der Waals surface area contributed by atoms with Gasteiger partial charge in [-0.25, -0.2) is 0 Å². The summed E-state index contributed by atoms with van der Waals surface area (Å²) in [5.74, 6) is 0. The minimum absolute atomic E-state index is 0.0194. The molecule has 3 saturated carbocycles. The van der Waals surface area contributed by atoms with Crippen molar-refractivity contribution in [1.82, 2.24) is 5.32 Å². The minimum atomic E-state index is -1.14. The predicted octanol–water partition coefficient (Wildman–Crippen LogP) is 5.09. The van der Waals surface area contributed by atoms with Gasteiger partial charge in [-0.15, -0.1) is 0 Å². The van der Waals surface area contributed by atoms with E-state index >= 15 is 0 Å². The third-order valence-electron chi connectivity index (χ3n) is 10.7. The number of aldehydes is 1. The van der Waals surface area contributed by atoms with E-state index in [-0.39, 0.29) is 13.2 Å². The van der Waals surface area contributed by atoms with E-state index in [1.807, 2.05) is 32.2 Å². The van der Waals surface area contributed by atoms with E-state index in [9.17, 15) is 25.2 Å². The Kier molecular flexibility index (Phi) is 11.0. The maximum absolute atomic E-state index is 12.5. The second-order valence-electron chi connectivity index (χ2n) is 12.8. The Morgan fingerprint density at radius 3 is 2.45 bits per heavy atom. The van der Waals surface area contributed by atoms with E-state index in [0.29, 0.717) is 69.9 Å². The molecule has 3 fully saturated rings. The topological polar surface area (TPSA) is 110 Å². The first kappa shape index (κ1) is 32.7. The van der Waals surface area contributed by atoms with Crippen molar-refractivity contribution in [3.05, 3.63) is 58.7 Å². The molecule has 5 N–H and O–H groups in total. The molecule has 224 valence electrons. The van der Waals surface area contributed by atoms with Crippen LogP contribution in [-0.2, 0) is 4.79 Å². The molecule has 3 rings (SSSR count). The summed E-state index contributed by atoms with van der Waals surface area (Å²) in [6.07, 6.45) is 15.2. The van der Waals surface area contributed by atoms with Gasteiger partial charge >= 0.3 is 0 Å². The Morgan fingerprint density at radius 1 is 1.10 bits per heavy atom. The molecule has 5 atom stereocenters. The molecule has 2 bridgehead atoms. The fourth-order valence-electron chi connectivity index (χ4n) is 8.74. The zero-order valence-electron chi connectivity index (χ0n) is 25.3. The summed E-state index contributed by atoms with van der Waals surface area (Å²) in [6, 6.07) is 0. The van der Waals surface area contributed by atoms with Crippen molar-refractivity contribution in [1.29, 1.82) is 0 Å². The third kappa shape index (κ3) is 5.50. The number of rotatable bonds is 14. The molecule has 3 aliphatic rings. The van der Waals surface area contributed by atoms with Crippen LogP contribution in [-0.4, -0.2) is 65.2 Å². The maximum atomic E-state index is 12.5. The van der Waals surface area contributed by atoms with Crippen molar-refractivity contribution < 1.29 is 25.2 Å². The fourth-order valence-corrected chi connectivity index (χ4v) is 8.74. The Bertz CT molecular complexity index is 1050. The van der Waals surface area contributed by atoms with Crippen LogP contribution in [0.1, 0.15) is 91.4 Å². The summed E-state index contributed by atoms with van der Waals surface area (Å²) in [5, 5.41) is 48.8. The first-order chi connectivity index (χ1) is 19.0. The van der Waals surface area contributed by atoms with Crippen molar-refractivity contribution in [3.8, 4) is 0 Å². The highest BCUT2D eigenvalue weighted by atomic mass is 16.3. The number of aliphatic hydroxyl groups is 4. The van der Waals surface area contributed by atoms with E-state index in [0.717, 1.165) is 35.8 Å². The zero-order valence-corrected chi connectivity index (χ0v) is 25.3. The maximum Gasteiger partial charge on any atom is 0.145 e. The van der Waals surface area contributed by atoms with E-state index in [1.54, 1.807) is 0 Å². The van der Waals surface area contributed by atoms with Crippen molar-refractivity contribution in [3.63, 3.8) is 0 Å². The van der Waals surface area contributed by atoms with Crippen LogP contribution in [0, 0.1) is 16.2 Å². The third-order valence-corrected chi connectivity index (χ3v) is 10.7. The summed E-state index contributed by atoms with van der Waals surface area (Å²) in [5.41, 5.74) is 1.55. The largest absolute Gasteiger partial charge is 0.396 e.